The molecular formula is C15H13F2N3O. The molecule has 1 aromatic carbocycles. The fraction of sp³-hybridized carbons (Fsp3) is 0.200. The number of ether oxygens (including phenoxy) is 1. The van der Waals surface area contributed by atoms with Gasteiger partial charge in [-0.25, -0.2) is 18.3 Å². The van der Waals surface area contributed by atoms with E-state index in [9.17, 15) is 8.78 Å². The normalized spacial score (nSPS) is 11.0. The molecule has 0 saturated heterocycles. The van der Waals surface area contributed by atoms with E-state index >= 15 is 0 Å². The number of imidazole rings is 1. The molecule has 0 aliphatic carbocycles. The Labute approximate surface area is 120 Å². The van der Waals surface area contributed by atoms with Crippen molar-refractivity contribution in [2.75, 3.05) is 6.61 Å². The van der Waals surface area contributed by atoms with Gasteiger partial charge in [-0.15, -0.1) is 5.10 Å². The van der Waals surface area contributed by atoms with E-state index in [0.29, 0.717) is 23.8 Å². The van der Waals surface area contributed by atoms with E-state index in [-0.39, 0.29) is 5.56 Å². The van der Waals surface area contributed by atoms with E-state index in [2.05, 4.69) is 10.1 Å². The van der Waals surface area contributed by atoms with Crippen LogP contribution in [-0.2, 0) is 0 Å². The first kappa shape index (κ1) is 13.5. The first-order valence-electron chi connectivity index (χ1n) is 6.62. The van der Waals surface area contributed by atoms with Crippen molar-refractivity contribution < 1.29 is 13.5 Å². The van der Waals surface area contributed by atoms with Crippen LogP contribution in [0.25, 0.3) is 16.9 Å². The highest BCUT2D eigenvalue weighted by Crippen LogP contribution is 2.23. The van der Waals surface area contributed by atoms with Gasteiger partial charge in [-0.2, -0.15) is 0 Å². The molecule has 2 heterocycles. The van der Waals surface area contributed by atoms with Crippen LogP contribution in [0.3, 0.4) is 0 Å². The summed E-state index contributed by atoms with van der Waals surface area (Å²) in [6, 6.07) is 6.85. The number of nitrogens with zero attached hydrogens (tertiary/aromatic N) is 3. The summed E-state index contributed by atoms with van der Waals surface area (Å²) in [6.45, 7) is 2.58. The summed E-state index contributed by atoms with van der Waals surface area (Å²) in [5.74, 6) is -0.790. The molecule has 0 aliphatic rings. The van der Waals surface area contributed by atoms with Gasteiger partial charge in [0.2, 0.25) is 5.88 Å². The summed E-state index contributed by atoms with van der Waals surface area (Å²) >= 11 is 0. The number of aromatic nitrogens is 3. The minimum Gasteiger partial charge on any atom is -0.477 e. The molecule has 0 saturated carbocycles. The lowest BCUT2D eigenvalue weighted by Crippen LogP contribution is -2.00. The standard InChI is InChI=1S/C15H13F2N3O/c1-2-7-21-15-6-5-14-18-13(9-20(14)19-15)11-4-3-10(16)8-12(11)17/h3-6,8-9H,2,7H2,1H3. The highest BCUT2D eigenvalue weighted by molar-refractivity contribution is 5.63. The summed E-state index contributed by atoms with van der Waals surface area (Å²) in [5, 5.41) is 4.24. The molecule has 6 heteroatoms. The molecule has 2 aromatic heterocycles. The zero-order chi connectivity index (χ0) is 14.8. The number of fused-ring (bicyclic) bond motifs is 1. The lowest BCUT2D eigenvalue weighted by molar-refractivity contribution is 0.300. The third-order valence-corrected chi connectivity index (χ3v) is 2.96. The van der Waals surface area contributed by atoms with Crippen LogP contribution in [-0.4, -0.2) is 21.2 Å². The third kappa shape index (κ3) is 2.69. The Bertz CT molecular complexity index is 786. The number of hydrogen-bond acceptors (Lipinski definition) is 3. The Kier molecular flexibility index (Phi) is 3.51. The van der Waals surface area contributed by atoms with Crippen molar-refractivity contribution in [2.24, 2.45) is 0 Å². The van der Waals surface area contributed by atoms with Crippen molar-refractivity contribution in [1.82, 2.24) is 14.6 Å². The van der Waals surface area contributed by atoms with Crippen LogP contribution in [0.4, 0.5) is 8.78 Å². The maximum Gasteiger partial charge on any atom is 0.231 e. The first-order valence-corrected chi connectivity index (χ1v) is 6.62. The second-order valence-electron chi connectivity index (χ2n) is 4.57. The zero-order valence-electron chi connectivity index (χ0n) is 11.4. The fourth-order valence-electron chi connectivity index (χ4n) is 1.98. The molecule has 4 nitrogen and oxygen atoms in total. The second-order valence-corrected chi connectivity index (χ2v) is 4.57. The molecule has 0 amide bonds. The highest BCUT2D eigenvalue weighted by Gasteiger charge is 2.11. The van der Waals surface area contributed by atoms with Crippen LogP contribution in [0.1, 0.15) is 13.3 Å². The number of benzene rings is 1. The topological polar surface area (TPSA) is 39.4 Å². The Morgan fingerprint density at radius 3 is 2.81 bits per heavy atom. The van der Waals surface area contributed by atoms with E-state index < -0.39 is 11.6 Å². The Morgan fingerprint density at radius 1 is 1.19 bits per heavy atom. The molecule has 0 radical (unpaired) electrons. The van der Waals surface area contributed by atoms with Gasteiger partial charge in [-0.1, -0.05) is 6.92 Å². The second kappa shape index (κ2) is 5.47. The number of rotatable bonds is 4. The molecule has 0 spiro atoms. The predicted molar refractivity (Wildman–Crippen MR) is 74.1 cm³/mol. The quantitative estimate of drug-likeness (QED) is 0.738. The SMILES string of the molecule is CCCOc1ccc2nc(-c3ccc(F)cc3F)cn2n1. The molecule has 0 N–H and O–H groups in total. The van der Waals surface area contributed by atoms with Crippen LogP contribution in [0.15, 0.2) is 36.5 Å². The van der Waals surface area contributed by atoms with Crippen molar-refractivity contribution in [2.45, 2.75) is 13.3 Å². The number of halogens is 2. The molecular weight excluding hydrogens is 276 g/mol. The third-order valence-electron chi connectivity index (χ3n) is 2.96. The average molecular weight is 289 g/mol. The van der Waals surface area contributed by atoms with Gasteiger partial charge in [0, 0.05) is 17.7 Å². The van der Waals surface area contributed by atoms with E-state index in [1.54, 1.807) is 18.3 Å². The van der Waals surface area contributed by atoms with Gasteiger partial charge in [0.05, 0.1) is 18.5 Å². The zero-order valence-corrected chi connectivity index (χ0v) is 11.4. The predicted octanol–water partition coefficient (Wildman–Crippen LogP) is 3.46. The highest BCUT2D eigenvalue weighted by atomic mass is 19.1. The van der Waals surface area contributed by atoms with Gasteiger partial charge in [0.1, 0.15) is 11.6 Å². The Balaban J connectivity index is 2.00. The first-order chi connectivity index (χ1) is 10.2. The molecule has 0 unspecified atom stereocenters. The lowest BCUT2D eigenvalue weighted by atomic mass is 10.1. The van der Waals surface area contributed by atoms with Crippen molar-refractivity contribution in [3.05, 3.63) is 48.2 Å². The van der Waals surface area contributed by atoms with Crippen molar-refractivity contribution in [3.63, 3.8) is 0 Å². The fourth-order valence-corrected chi connectivity index (χ4v) is 1.98. The molecule has 0 bridgehead atoms. The minimum absolute atomic E-state index is 0.234. The van der Waals surface area contributed by atoms with Crippen molar-refractivity contribution in [1.29, 1.82) is 0 Å². The largest absolute Gasteiger partial charge is 0.477 e. The Morgan fingerprint density at radius 2 is 2.05 bits per heavy atom. The van der Waals surface area contributed by atoms with Gasteiger partial charge in [-0.05, 0) is 24.6 Å². The number of hydrogen-bond donors (Lipinski definition) is 0. The maximum atomic E-state index is 13.8. The van der Waals surface area contributed by atoms with E-state index in [1.165, 1.54) is 16.6 Å². The van der Waals surface area contributed by atoms with Crippen LogP contribution < -0.4 is 4.74 Å². The van der Waals surface area contributed by atoms with Crippen LogP contribution >= 0.6 is 0 Å². The summed E-state index contributed by atoms with van der Waals surface area (Å²) in [6.07, 6.45) is 2.47. The lowest BCUT2D eigenvalue weighted by Gasteiger charge is -2.02. The Hall–Kier alpha value is -2.50. The van der Waals surface area contributed by atoms with Crippen LogP contribution in [0.5, 0.6) is 5.88 Å². The van der Waals surface area contributed by atoms with E-state index in [4.69, 9.17) is 4.74 Å². The van der Waals surface area contributed by atoms with Crippen molar-refractivity contribution in [3.8, 4) is 17.1 Å². The molecule has 3 aromatic rings. The molecule has 108 valence electrons. The van der Waals surface area contributed by atoms with Gasteiger partial charge in [0.15, 0.2) is 5.65 Å². The summed E-state index contributed by atoms with van der Waals surface area (Å²) in [7, 11) is 0. The van der Waals surface area contributed by atoms with Gasteiger partial charge in [0.25, 0.3) is 0 Å². The molecule has 21 heavy (non-hydrogen) atoms. The summed E-state index contributed by atoms with van der Waals surface area (Å²) in [5.41, 5.74) is 1.20. The smallest absolute Gasteiger partial charge is 0.231 e. The van der Waals surface area contributed by atoms with Gasteiger partial charge < -0.3 is 4.74 Å². The monoisotopic (exact) mass is 289 g/mol. The minimum atomic E-state index is -0.652. The summed E-state index contributed by atoms with van der Waals surface area (Å²) in [4.78, 5) is 4.28. The van der Waals surface area contributed by atoms with E-state index in [1.807, 2.05) is 6.92 Å². The molecule has 0 aliphatic heterocycles. The maximum absolute atomic E-state index is 13.8. The van der Waals surface area contributed by atoms with E-state index in [0.717, 1.165) is 12.5 Å². The molecule has 0 atom stereocenters. The molecule has 3 rings (SSSR count). The van der Waals surface area contributed by atoms with Crippen molar-refractivity contribution >= 4 is 5.65 Å². The summed E-state index contributed by atoms with van der Waals surface area (Å²) < 4.78 is 33.7. The van der Waals surface area contributed by atoms with Crippen LogP contribution in [0, 0.1) is 11.6 Å². The van der Waals surface area contributed by atoms with Gasteiger partial charge >= 0.3 is 0 Å². The average Bonchev–Trinajstić information content (AvgIpc) is 2.87. The van der Waals surface area contributed by atoms with Crippen LogP contribution in [0.2, 0.25) is 0 Å². The molecule has 0 fully saturated rings. The van der Waals surface area contributed by atoms with Gasteiger partial charge in [-0.3, -0.25) is 0 Å².